The van der Waals surface area contributed by atoms with Gasteiger partial charge in [0.05, 0.1) is 5.75 Å². The van der Waals surface area contributed by atoms with Crippen molar-refractivity contribution in [1.29, 1.82) is 0 Å². The number of hydrogen-bond acceptors (Lipinski definition) is 3. The first-order chi connectivity index (χ1) is 7.29. The fourth-order valence-corrected chi connectivity index (χ4v) is 2.22. The van der Waals surface area contributed by atoms with Crippen molar-refractivity contribution in [2.75, 3.05) is 12.0 Å². The van der Waals surface area contributed by atoms with E-state index in [4.69, 9.17) is 0 Å². The number of aromatic nitrogens is 1. The highest BCUT2D eigenvalue weighted by molar-refractivity contribution is 7.90. The lowest BCUT2D eigenvalue weighted by molar-refractivity contribution is 0.374. The summed E-state index contributed by atoms with van der Waals surface area (Å²) in [5, 5.41) is 3.35. The summed E-state index contributed by atoms with van der Waals surface area (Å²) in [4.78, 5) is 2.99. The van der Waals surface area contributed by atoms with E-state index in [0.717, 1.165) is 6.54 Å². The van der Waals surface area contributed by atoms with Gasteiger partial charge in [-0.1, -0.05) is 0 Å². The molecule has 0 saturated heterocycles. The van der Waals surface area contributed by atoms with Crippen LogP contribution in [-0.2, 0) is 16.4 Å². The topological polar surface area (TPSA) is 62.0 Å². The van der Waals surface area contributed by atoms with Crippen molar-refractivity contribution in [2.45, 2.75) is 32.4 Å². The maximum Gasteiger partial charge on any atom is 0.147 e. The highest BCUT2D eigenvalue weighted by Crippen LogP contribution is 2.11. The smallest absolute Gasteiger partial charge is 0.147 e. The Hall–Kier alpha value is -0.810. The molecule has 1 rings (SSSR count). The molecular formula is C11H20N2O2S. The van der Waals surface area contributed by atoms with Crippen LogP contribution >= 0.6 is 0 Å². The van der Waals surface area contributed by atoms with Gasteiger partial charge in [-0.3, -0.25) is 0 Å². The zero-order valence-corrected chi connectivity index (χ0v) is 10.9. The number of hydrogen-bond donors (Lipinski definition) is 2. The minimum absolute atomic E-state index is 0.166. The second kappa shape index (κ2) is 5.01. The number of rotatable bonds is 6. The molecule has 2 N–H and O–H groups in total. The lowest BCUT2D eigenvalue weighted by atomic mass is 10.0. The van der Waals surface area contributed by atoms with E-state index in [1.807, 2.05) is 32.3 Å². The first-order valence-corrected chi connectivity index (χ1v) is 7.39. The van der Waals surface area contributed by atoms with E-state index in [1.165, 1.54) is 11.8 Å². The van der Waals surface area contributed by atoms with Gasteiger partial charge in [0, 0.05) is 30.7 Å². The van der Waals surface area contributed by atoms with Crippen LogP contribution in [0.5, 0.6) is 0 Å². The predicted octanol–water partition coefficient (Wildman–Crippen LogP) is 1.32. The first-order valence-electron chi connectivity index (χ1n) is 5.33. The Morgan fingerprint density at radius 2 is 2.12 bits per heavy atom. The fourth-order valence-electron chi connectivity index (χ4n) is 1.34. The van der Waals surface area contributed by atoms with Gasteiger partial charge in [0.1, 0.15) is 9.84 Å². The van der Waals surface area contributed by atoms with Crippen LogP contribution in [-0.4, -0.2) is 30.9 Å². The zero-order chi connectivity index (χ0) is 12.2. The average Bonchev–Trinajstić information content (AvgIpc) is 2.64. The van der Waals surface area contributed by atoms with Crippen LogP contribution in [0.4, 0.5) is 0 Å². The fraction of sp³-hybridized carbons (Fsp3) is 0.636. The summed E-state index contributed by atoms with van der Waals surface area (Å²) < 4.78 is 22.2. The first kappa shape index (κ1) is 13.3. The van der Waals surface area contributed by atoms with Crippen LogP contribution in [0.15, 0.2) is 18.5 Å². The van der Waals surface area contributed by atoms with Crippen LogP contribution in [0.2, 0.25) is 0 Å². The van der Waals surface area contributed by atoms with Crippen LogP contribution in [0.1, 0.15) is 25.8 Å². The molecule has 1 aromatic rings. The largest absolute Gasteiger partial charge is 0.367 e. The molecule has 0 saturated carbocycles. The summed E-state index contributed by atoms with van der Waals surface area (Å²) in [6.07, 6.45) is 5.70. The Morgan fingerprint density at radius 1 is 1.44 bits per heavy atom. The van der Waals surface area contributed by atoms with Crippen molar-refractivity contribution in [3.63, 3.8) is 0 Å². The van der Waals surface area contributed by atoms with Gasteiger partial charge in [-0.25, -0.2) is 8.42 Å². The van der Waals surface area contributed by atoms with E-state index in [1.54, 1.807) is 0 Å². The maximum absolute atomic E-state index is 11.1. The Bertz CT molecular complexity index is 407. The molecule has 0 amide bonds. The molecular weight excluding hydrogens is 224 g/mol. The lowest BCUT2D eigenvalue weighted by Crippen LogP contribution is -2.40. The van der Waals surface area contributed by atoms with Gasteiger partial charge in [-0.2, -0.15) is 0 Å². The second-order valence-corrected chi connectivity index (χ2v) is 7.10. The minimum atomic E-state index is -2.88. The van der Waals surface area contributed by atoms with Gasteiger partial charge in [0.2, 0.25) is 0 Å². The summed E-state index contributed by atoms with van der Waals surface area (Å²) in [5.74, 6) is 0.222. The molecule has 0 aliphatic heterocycles. The zero-order valence-electron chi connectivity index (χ0n) is 10.1. The Kier molecular flexibility index (Phi) is 4.15. The third-order valence-corrected chi connectivity index (χ3v) is 3.48. The molecule has 1 heterocycles. The highest BCUT2D eigenvalue weighted by Gasteiger charge is 2.19. The van der Waals surface area contributed by atoms with E-state index in [-0.39, 0.29) is 11.3 Å². The molecule has 92 valence electrons. The van der Waals surface area contributed by atoms with Gasteiger partial charge in [0.15, 0.2) is 0 Å². The van der Waals surface area contributed by atoms with Gasteiger partial charge in [-0.15, -0.1) is 0 Å². The summed E-state index contributed by atoms with van der Waals surface area (Å²) in [6, 6.07) is 2.00. The van der Waals surface area contributed by atoms with E-state index in [2.05, 4.69) is 10.3 Å². The normalized spacial score (nSPS) is 12.9. The van der Waals surface area contributed by atoms with Crippen molar-refractivity contribution in [3.05, 3.63) is 24.0 Å². The van der Waals surface area contributed by atoms with Gasteiger partial charge < -0.3 is 10.3 Å². The summed E-state index contributed by atoms with van der Waals surface area (Å²) in [5.41, 5.74) is 1.01. The standard InChI is InChI=1S/C11H20N2O2S/c1-11(2,5-7-16(3,14)15)13-9-10-4-6-12-8-10/h4,6,8,12-13H,5,7,9H2,1-3H3. The number of H-pyrrole nitrogens is 1. The molecule has 0 aromatic carbocycles. The quantitative estimate of drug-likeness (QED) is 0.793. The van der Waals surface area contributed by atoms with E-state index < -0.39 is 9.84 Å². The van der Waals surface area contributed by atoms with E-state index >= 15 is 0 Å². The Balaban J connectivity index is 2.39. The molecule has 0 fully saturated rings. The molecule has 4 nitrogen and oxygen atoms in total. The van der Waals surface area contributed by atoms with Crippen LogP contribution < -0.4 is 5.32 Å². The second-order valence-electron chi connectivity index (χ2n) is 4.84. The molecule has 0 radical (unpaired) electrons. The number of sulfone groups is 1. The van der Waals surface area contributed by atoms with Gasteiger partial charge in [-0.05, 0) is 31.9 Å². The summed E-state index contributed by atoms with van der Waals surface area (Å²) >= 11 is 0. The van der Waals surface area contributed by atoms with E-state index in [0.29, 0.717) is 6.42 Å². The number of nitrogens with one attached hydrogen (secondary N) is 2. The molecule has 5 heteroatoms. The molecule has 0 unspecified atom stereocenters. The highest BCUT2D eigenvalue weighted by atomic mass is 32.2. The molecule has 0 aliphatic rings. The molecule has 0 aliphatic carbocycles. The van der Waals surface area contributed by atoms with Crippen molar-refractivity contribution in [2.24, 2.45) is 0 Å². The Morgan fingerprint density at radius 3 is 2.62 bits per heavy atom. The third-order valence-electron chi connectivity index (χ3n) is 2.53. The lowest BCUT2D eigenvalue weighted by Gasteiger charge is -2.25. The monoisotopic (exact) mass is 244 g/mol. The SMILES string of the molecule is CC(C)(CCS(C)(=O)=O)NCc1cc[nH]c1. The van der Waals surface area contributed by atoms with E-state index in [9.17, 15) is 8.42 Å². The van der Waals surface area contributed by atoms with Gasteiger partial charge >= 0.3 is 0 Å². The maximum atomic E-state index is 11.1. The third kappa shape index (κ3) is 5.32. The summed E-state index contributed by atoms with van der Waals surface area (Å²) in [7, 11) is -2.88. The molecule has 0 bridgehead atoms. The number of aromatic amines is 1. The molecule has 0 atom stereocenters. The van der Waals surface area contributed by atoms with Crippen LogP contribution in [0, 0.1) is 0 Å². The van der Waals surface area contributed by atoms with Crippen molar-refractivity contribution in [3.8, 4) is 0 Å². The van der Waals surface area contributed by atoms with Crippen molar-refractivity contribution >= 4 is 9.84 Å². The van der Waals surface area contributed by atoms with Crippen LogP contribution in [0.3, 0.4) is 0 Å². The average molecular weight is 244 g/mol. The predicted molar refractivity (Wildman–Crippen MR) is 66.0 cm³/mol. The van der Waals surface area contributed by atoms with Crippen LogP contribution in [0.25, 0.3) is 0 Å². The Labute approximate surface area is 97.4 Å². The molecule has 1 aromatic heterocycles. The summed E-state index contributed by atoms with van der Waals surface area (Å²) in [6.45, 7) is 4.79. The molecule has 0 spiro atoms. The van der Waals surface area contributed by atoms with Crippen molar-refractivity contribution < 1.29 is 8.42 Å². The molecule has 16 heavy (non-hydrogen) atoms. The minimum Gasteiger partial charge on any atom is -0.367 e. The van der Waals surface area contributed by atoms with Gasteiger partial charge in [0.25, 0.3) is 0 Å². The van der Waals surface area contributed by atoms with Crippen molar-refractivity contribution in [1.82, 2.24) is 10.3 Å².